The largest absolute Gasteiger partial charge is 0.478 e. The highest BCUT2D eigenvalue weighted by atomic mass is 32.2. The van der Waals surface area contributed by atoms with Gasteiger partial charge in [0.05, 0.1) is 11.1 Å². The minimum Gasteiger partial charge on any atom is -0.478 e. The van der Waals surface area contributed by atoms with E-state index >= 15 is 0 Å². The number of thioether (sulfide) groups is 1. The van der Waals surface area contributed by atoms with Crippen LogP contribution in [0.3, 0.4) is 0 Å². The summed E-state index contributed by atoms with van der Waals surface area (Å²) in [5.41, 5.74) is -1.06. The average molecular weight is 305 g/mol. The van der Waals surface area contributed by atoms with Gasteiger partial charge in [0.2, 0.25) is 0 Å². The number of carboxylic acids is 1. The van der Waals surface area contributed by atoms with Crippen molar-refractivity contribution in [3.05, 3.63) is 29.3 Å². The summed E-state index contributed by atoms with van der Waals surface area (Å²) in [7, 11) is 0. The van der Waals surface area contributed by atoms with Crippen molar-refractivity contribution < 1.29 is 23.1 Å². The Labute approximate surface area is 118 Å². The Morgan fingerprint density at radius 1 is 1.45 bits per heavy atom. The number of aromatic carboxylic acids is 1. The lowest BCUT2D eigenvalue weighted by Gasteiger charge is -2.15. The average Bonchev–Trinajstić information content (AvgIpc) is 2.88. The maximum atomic E-state index is 12.6. The molecule has 1 heterocycles. The Morgan fingerprint density at radius 3 is 2.75 bits per heavy atom. The Morgan fingerprint density at radius 2 is 2.20 bits per heavy atom. The molecule has 1 aliphatic heterocycles. The molecule has 1 fully saturated rings. The van der Waals surface area contributed by atoms with Gasteiger partial charge in [0.1, 0.15) is 0 Å². The molecule has 1 unspecified atom stereocenters. The first-order valence-corrected chi connectivity index (χ1v) is 7.23. The van der Waals surface area contributed by atoms with E-state index in [9.17, 15) is 18.0 Å². The molecule has 0 aliphatic carbocycles. The molecular formula is C13H14F3NO2S. The molecule has 2 rings (SSSR count). The monoisotopic (exact) mass is 305 g/mol. The third-order valence-corrected chi connectivity index (χ3v) is 4.52. The molecule has 0 bridgehead atoms. The normalized spacial score (nSPS) is 19.1. The summed E-state index contributed by atoms with van der Waals surface area (Å²) in [6, 6.07) is 2.76. The zero-order chi connectivity index (χ0) is 14.8. The molecule has 20 heavy (non-hydrogen) atoms. The van der Waals surface area contributed by atoms with Crippen molar-refractivity contribution in [2.75, 3.05) is 17.6 Å². The number of nitrogens with one attached hydrogen (secondary N) is 1. The van der Waals surface area contributed by atoms with Crippen LogP contribution in [0.1, 0.15) is 28.8 Å². The molecule has 0 radical (unpaired) electrons. The first-order valence-electron chi connectivity index (χ1n) is 6.18. The summed E-state index contributed by atoms with van der Waals surface area (Å²) < 4.78 is 37.7. The van der Waals surface area contributed by atoms with E-state index in [0.717, 1.165) is 24.7 Å². The molecule has 1 aromatic rings. The van der Waals surface area contributed by atoms with Gasteiger partial charge in [0, 0.05) is 17.5 Å². The minimum absolute atomic E-state index is 0.234. The van der Waals surface area contributed by atoms with Crippen molar-refractivity contribution in [3.63, 3.8) is 0 Å². The number of rotatable bonds is 4. The van der Waals surface area contributed by atoms with E-state index < -0.39 is 17.7 Å². The van der Waals surface area contributed by atoms with Crippen LogP contribution in [0.5, 0.6) is 0 Å². The van der Waals surface area contributed by atoms with Crippen LogP contribution in [-0.2, 0) is 6.18 Å². The zero-order valence-electron chi connectivity index (χ0n) is 10.5. The second kappa shape index (κ2) is 5.95. The van der Waals surface area contributed by atoms with Gasteiger partial charge in [-0.3, -0.25) is 0 Å². The SMILES string of the molecule is O=C(O)c1cc(C(F)(F)F)ccc1NCC1CCCS1. The second-order valence-corrected chi connectivity index (χ2v) is 5.99. The number of hydrogen-bond donors (Lipinski definition) is 2. The van der Waals surface area contributed by atoms with Crippen molar-refractivity contribution >= 4 is 23.4 Å². The van der Waals surface area contributed by atoms with Gasteiger partial charge < -0.3 is 10.4 Å². The van der Waals surface area contributed by atoms with Gasteiger partial charge in [-0.25, -0.2) is 4.79 Å². The zero-order valence-corrected chi connectivity index (χ0v) is 11.4. The van der Waals surface area contributed by atoms with Crippen LogP contribution in [-0.4, -0.2) is 28.6 Å². The molecule has 1 saturated heterocycles. The van der Waals surface area contributed by atoms with Gasteiger partial charge >= 0.3 is 12.1 Å². The fourth-order valence-corrected chi connectivity index (χ4v) is 3.28. The number of halogens is 3. The van der Waals surface area contributed by atoms with Gasteiger partial charge in [-0.2, -0.15) is 24.9 Å². The predicted molar refractivity (Wildman–Crippen MR) is 72.4 cm³/mol. The fourth-order valence-electron chi connectivity index (χ4n) is 2.08. The lowest BCUT2D eigenvalue weighted by atomic mass is 10.1. The summed E-state index contributed by atoms with van der Waals surface area (Å²) in [6.45, 7) is 0.566. The maximum Gasteiger partial charge on any atom is 0.416 e. The third-order valence-electron chi connectivity index (χ3n) is 3.12. The van der Waals surface area contributed by atoms with Crippen molar-refractivity contribution in [1.82, 2.24) is 0 Å². The Kier molecular flexibility index (Phi) is 4.47. The second-order valence-electron chi connectivity index (χ2n) is 4.58. The van der Waals surface area contributed by atoms with Crippen LogP contribution < -0.4 is 5.32 Å². The summed E-state index contributed by atoms with van der Waals surface area (Å²) >= 11 is 1.79. The number of carbonyl (C=O) groups is 1. The van der Waals surface area contributed by atoms with E-state index in [1.54, 1.807) is 11.8 Å². The lowest BCUT2D eigenvalue weighted by molar-refractivity contribution is -0.137. The Balaban J connectivity index is 2.17. The van der Waals surface area contributed by atoms with Gasteiger partial charge in [-0.05, 0) is 36.8 Å². The number of benzene rings is 1. The van der Waals surface area contributed by atoms with Crippen LogP contribution in [0, 0.1) is 0 Å². The number of alkyl halides is 3. The minimum atomic E-state index is -4.54. The van der Waals surface area contributed by atoms with Gasteiger partial charge in [-0.15, -0.1) is 0 Å². The summed E-state index contributed by atoms with van der Waals surface area (Å²) in [4.78, 5) is 11.1. The Hall–Kier alpha value is -1.37. The molecule has 3 nitrogen and oxygen atoms in total. The first kappa shape index (κ1) is 15.0. The van der Waals surface area contributed by atoms with Crippen LogP contribution in [0.25, 0.3) is 0 Å². The van der Waals surface area contributed by atoms with Crippen LogP contribution >= 0.6 is 11.8 Å². The molecule has 1 atom stereocenters. The molecule has 1 aromatic carbocycles. The quantitative estimate of drug-likeness (QED) is 0.890. The standard InChI is InChI=1S/C13H14F3NO2S/c14-13(15,16)8-3-4-11(10(6-8)12(18)19)17-7-9-2-1-5-20-9/h3-4,6,9,17H,1-2,5,7H2,(H,18,19). The molecule has 1 aliphatic rings. The van der Waals surface area contributed by atoms with E-state index in [1.165, 1.54) is 6.07 Å². The Bertz CT molecular complexity index is 499. The lowest BCUT2D eigenvalue weighted by Crippen LogP contribution is -2.16. The molecular weight excluding hydrogens is 291 g/mol. The smallest absolute Gasteiger partial charge is 0.416 e. The highest BCUT2D eigenvalue weighted by Crippen LogP contribution is 2.32. The van der Waals surface area contributed by atoms with E-state index in [0.29, 0.717) is 17.9 Å². The molecule has 7 heteroatoms. The fraction of sp³-hybridized carbons (Fsp3) is 0.462. The number of anilines is 1. The molecule has 0 amide bonds. The van der Waals surface area contributed by atoms with Crippen LogP contribution in [0.4, 0.5) is 18.9 Å². The van der Waals surface area contributed by atoms with Crippen molar-refractivity contribution in [3.8, 4) is 0 Å². The highest BCUT2D eigenvalue weighted by Gasteiger charge is 2.31. The highest BCUT2D eigenvalue weighted by molar-refractivity contribution is 8.00. The number of hydrogen-bond acceptors (Lipinski definition) is 3. The van der Waals surface area contributed by atoms with Gasteiger partial charge in [-0.1, -0.05) is 0 Å². The molecule has 0 spiro atoms. The number of carboxylic acid groups (broad SMARTS) is 1. The van der Waals surface area contributed by atoms with E-state index in [2.05, 4.69) is 5.32 Å². The van der Waals surface area contributed by atoms with Crippen molar-refractivity contribution in [1.29, 1.82) is 0 Å². The molecule has 2 N–H and O–H groups in total. The van der Waals surface area contributed by atoms with E-state index in [4.69, 9.17) is 5.11 Å². The van der Waals surface area contributed by atoms with Gasteiger partial charge in [0.15, 0.2) is 0 Å². The predicted octanol–water partition coefficient (Wildman–Crippen LogP) is 3.71. The van der Waals surface area contributed by atoms with Crippen molar-refractivity contribution in [2.45, 2.75) is 24.3 Å². The van der Waals surface area contributed by atoms with E-state index in [-0.39, 0.29) is 11.3 Å². The summed E-state index contributed by atoms with van der Waals surface area (Å²) in [6.07, 6.45) is -2.37. The molecule has 110 valence electrons. The summed E-state index contributed by atoms with van der Waals surface area (Å²) in [5.74, 6) is -0.289. The van der Waals surface area contributed by atoms with Crippen LogP contribution in [0.15, 0.2) is 18.2 Å². The van der Waals surface area contributed by atoms with Crippen molar-refractivity contribution in [2.24, 2.45) is 0 Å². The van der Waals surface area contributed by atoms with E-state index in [1.807, 2.05) is 0 Å². The topological polar surface area (TPSA) is 49.3 Å². The molecule has 0 saturated carbocycles. The first-order chi connectivity index (χ1) is 9.38. The summed E-state index contributed by atoms with van der Waals surface area (Å²) in [5, 5.41) is 12.4. The third kappa shape index (κ3) is 3.59. The molecule has 0 aromatic heterocycles. The maximum absolute atomic E-state index is 12.6. The van der Waals surface area contributed by atoms with Gasteiger partial charge in [0.25, 0.3) is 0 Å². The van der Waals surface area contributed by atoms with Crippen LogP contribution in [0.2, 0.25) is 0 Å².